The third kappa shape index (κ3) is 2.41. The van der Waals surface area contributed by atoms with Gasteiger partial charge in [-0.2, -0.15) is 0 Å². The van der Waals surface area contributed by atoms with Crippen molar-refractivity contribution in [2.24, 2.45) is 5.92 Å². The number of ketones is 1. The number of carbonyl (C=O) groups excluding carboxylic acids is 1. The largest absolute Gasteiger partial charge is 0.299 e. The maximum atomic E-state index is 13.3. The summed E-state index contributed by atoms with van der Waals surface area (Å²) in [7, 11) is 0. The molecule has 0 aliphatic rings. The molecule has 0 amide bonds. The van der Waals surface area contributed by atoms with Gasteiger partial charge in [-0.05, 0) is 12.1 Å². The standard InChI is InChI=1S/C12H14F2O/c1-7(2)12(15)8(3)11-9(13)5-4-6-10(11)14/h4-8H,1-3H3. The zero-order valence-electron chi connectivity index (χ0n) is 9.05. The molecule has 1 atom stereocenters. The quantitative estimate of drug-likeness (QED) is 0.751. The van der Waals surface area contributed by atoms with Crippen LogP contribution in [0.3, 0.4) is 0 Å². The van der Waals surface area contributed by atoms with Crippen molar-refractivity contribution < 1.29 is 13.6 Å². The van der Waals surface area contributed by atoms with E-state index in [-0.39, 0.29) is 17.3 Å². The molecule has 0 heterocycles. The van der Waals surface area contributed by atoms with E-state index < -0.39 is 17.6 Å². The fourth-order valence-electron chi connectivity index (χ4n) is 1.57. The third-order valence-electron chi connectivity index (χ3n) is 2.43. The molecule has 0 saturated heterocycles. The number of hydrogen-bond acceptors (Lipinski definition) is 1. The number of carbonyl (C=O) groups is 1. The van der Waals surface area contributed by atoms with Crippen LogP contribution < -0.4 is 0 Å². The predicted molar refractivity (Wildman–Crippen MR) is 54.6 cm³/mol. The van der Waals surface area contributed by atoms with E-state index in [1.165, 1.54) is 25.1 Å². The molecular weight excluding hydrogens is 198 g/mol. The van der Waals surface area contributed by atoms with E-state index in [1.54, 1.807) is 13.8 Å². The summed E-state index contributed by atoms with van der Waals surface area (Å²) >= 11 is 0. The Labute approximate surface area is 88.1 Å². The Morgan fingerprint density at radius 2 is 1.60 bits per heavy atom. The van der Waals surface area contributed by atoms with Crippen LogP contribution in [0, 0.1) is 17.6 Å². The highest BCUT2D eigenvalue weighted by Crippen LogP contribution is 2.25. The Kier molecular flexibility index (Phi) is 3.56. The highest BCUT2D eigenvalue weighted by Gasteiger charge is 2.23. The third-order valence-corrected chi connectivity index (χ3v) is 2.43. The van der Waals surface area contributed by atoms with Crippen molar-refractivity contribution in [1.82, 2.24) is 0 Å². The summed E-state index contributed by atoms with van der Waals surface area (Å²) in [6, 6.07) is 3.63. The Morgan fingerprint density at radius 1 is 1.13 bits per heavy atom. The van der Waals surface area contributed by atoms with E-state index >= 15 is 0 Å². The molecule has 15 heavy (non-hydrogen) atoms. The average Bonchev–Trinajstić information content (AvgIpc) is 2.15. The zero-order valence-corrected chi connectivity index (χ0v) is 9.05. The maximum absolute atomic E-state index is 13.3. The van der Waals surface area contributed by atoms with Crippen LogP contribution in [0.5, 0.6) is 0 Å². The smallest absolute Gasteiger partial charge is 0.142 e. The summed E-state index contributed by atoms with van der Waals surface area (Å²) in [4.78, 5) is 11.6. The van der Waals surface area contributed by atoms with Gasteiger partial charge in [-0.15, -0.1) is 0 Å². The molecule has 0 aromatic heterocycles. The molecule has 0 aliphatic heterocycles. The van der Waals surface area contributed by atoms with Gasteiger partial charge in [0.2, 0.25) is 0 Å². The van der Waals surface area contributed by atoms with Gasteiger partial charge >= 0.3 is 0 Å². The Balaban J connectivity index is 3.11. The van der Waals surface area contributed by atoms with E-state index in [0.29, 0.717) is 0 Å². The van der Waals surface area contributed by atoms with Crippen molar-refractivity contribution in [2.75, 3.05) is 0 Å². The van der Waals surface area contributed by atoms with E-state index in [0.717, 1.165) is 0 Å². The van der Waals surface area contributed by atoms with Crippen molar-refractivity contribution in [3.63, 3.8) is 0 Å². The van der Waals surface area contributed by atoms with Gasteiger partial charge in [0.1, 0.15) is 17.4 Å². The van der Waals surface area contributed by atoms with Gasteiger partial charge in [-0.3, -0.25) is 4.79 Å². The Hall–Kier alpha value is -1.25. The monoisotopic (exact) mass is 212 g/mol. The van der Waals surface area contributed by atoms with E-state index in [9.17, 15) is 13.6 Å². The van der Waals surface area contributed by atoms with E-state index in [2.05, 4.69) is 0 Å². The van der Waals surface area contributed by atoms with Gasteiger partial charge in [0.05, 0.1) is 0 Å². The molecule has 0 aliphatic carbocycles. The van der Waals surface area contributed by atoms with Crippen LogP contribution in [0.25, 0.3) is 0 Å². The molecular formula is C12H14F2O. The van der Waals surface area contributed by atoms with Gasteiger partial charge in [0.15, 0.2) is 0 Å². The first kappa shape index (κ1) is 11.8. The number of hydrogen-bond donors (Lipinski definition) is 0. The minimum absolute atomic E-state index is 0.129. The first-order valence-corrected chi connectivity index (χ1v) is 4.92. The van der Waals surface area contributed by atoms with Gasteiger partial charge in [0.25, 0.3) is 0 Å². The molecule has 0 radical (unpaired) electrons. The maximum Gasteiger partial charge on any atom is 0.142 e. The predicted octanol–water partition coefficient (Wildman–Crippen LogP) is 3.29. The lowest BCUT2D eigenvalue weighted by Crippen LogP contribution is -2.17. The number of halogens is 2. The first-order valence-electron chi connectivity index (χ1n) is 4.92. The van der Waals surface area contributed by atoms with Crippen LogP contribution in [-0.4, -0.2) is 5.78 Å². The lowest BCUT2D eigenvalue weighted by Gasteiger charge is -2.14. The molecule has 0 saturated carbocycles. The highest BCUT2D eigenvalue weighted by molar-refractivity contribution is 5.87. The molecule has 1 rings (SSSR count). The lowest BCUT2D eigenvalue weighted by molar-refractivity contribution is -0.123. The molecule has 0 fully saturated rings. The second kappa shape index (κ2) is 4.51. The molecule has 1 aromatic rings. The summed E-state index contributed by atoms with van der Waals surface area (Å²) in [6.07, 6.45) is 0. The van der Waals surface area contributed by atoms with Crippen LogP contribution in [0.1, 0.15) is 32.3 Å². The first-order chi connectivity index (χ1) is 6.95. The van der Waals surface area contributed by atoms with Crippen molar-refractivity contribution >= 4 is 5.78 Å². The SMILES string of the molecule is CC(C)C(=O)C(C)c1c(F)cccc1F. The highest BCUT2D eigenvalue weighted by atomic mass is 19.1. The second-order valence-corrected chi connectivity index (χ2v) is 3.91. The number of Topliss-reactive ketones (excluding diaryl/α,β-unsaturated/α-hetero) is 1. The summed E-state index contributed by atoms with van der Waals surface area (Å²) in [6.45, 7) is 4.97. The van der Waals surface area contributed by atoms with Crippen LogP contribution in [0.4, 0.5) is 8.78 Å². The van der Waals surface area contributed by atoms with Gasteiger partial charge < -0.3 is 0 Å². The van der Waals surface area contributed by atoms with Crippen LogP contribution in [0.2, 0.25) is 0 Å². The summed E-state index contributed by atoms with van der Waals surface area (Å²) in [5.41, 5.74) is -0.129. The molecule has 1 nitrogen and oxygen atoms in total. The van der Waals surface area contributed by atoms with Crippen molar-refractivity contribution in [2.45, 2.75) is 26.7 Å². The van der Waals surface area contributed by atoms with Crippen LogP contribution in [0.15, 0.2) is 18.2 Å². The fraction of sp³-hybridized carbons (Fsp3) is 0.417. The average molecular weight is 212 g/mol. The van der Waals surface area contributed by atoms with Crippen molar-refractivity contribution in [3.05, 3.63) is 35.4 Å². The topological polar surface area (TPSA) is 17.1 Å². The summed E-state index contributed by atoms with van der Waals surface area (Å²) < 4.78 is 26.7. The molecule has 3 heteroatoms. The molecule has 1 aromatic carbocycles. The van der Waals surface area contributed by atoms with Gasteiger partial charge in [-0.25, -0.2) is 8.78 Å². The molecule has 0 spiro atoms. The zero-order chi connectivity index (χ0) is 11.6. The van der Waals surface area contributed by atoms with Gasteiger partial charge in [-0.1, -0.05) is 26.8 Å². The second-order valence-electron chi connectivity index (χ2n) is 3.91. The number of rotatable bonds is 3. The van der Waals surface area contributed by atoms with E-state index in [1.807, 2.05) is 0 Å². The fourth-order valence-corrected chi connectivity index (χ4v) is 1.57. The minimum Gasteiger partial charge on any atom is -0.299 e. The molecule has 0 N–H and O–H groups in total. The molecule has 82 valence electrons. The van der Waals surface area contributed by atoms with Crippen molar-refractivity contribution in [1.29, 1.82) is 0 Å². The van der Waals surface area contributed by atoms with Crippen LogP contribution >= 0.6 is 0 Å². The summed E-state index contributed by atoms with van der Waals surface area (Å²) in [5, 5.41) is 0. The minimum atomic E-state index is -0.730. The number of benzene rings is 1. The van der Waals surface area contributed by atoms with Crippen LogP contribution in [-0.2, 0) is 4.79 Å². The lowest BCUT2D eigenvalue weighted by atomic mass is 9.90. The normalized spacial score (nSPS) is 12.9. The van der Waals surface area contributed by atoms with E-state index in [4.69, 9.17) is 0 Å². The summed E-state index contributed by atoms with van der Waals surface area (Å²) in [5.74, 6) is -2.42. The Morgan fingerprint density at radius 3 is 2.00 bits per heavy atom. The molecule has 1 unspecified atom stereocenters. The Bertz CT molecular complexity index is 352. The van der Waals surface area contributed by atoms with Gasteiger partial charge in [0, 0.05) is 17.4 Å². The van der Waals surface area contributed by atoms with Crippen molar-refractivity contribution in [3.8, 4) is 0 Å². The molecule has 0 bridgehead atoms.